The van der Waals surface area contributed by atoms with Crippen molar-refractivity contribution in [2.24, 2.45) is 11.8 Å². The number of carboxylic acid groups (broad SMARTS) is 1. The number of piperidine rings is 1. The highest BCUT2D eigenvalue weighted by atomic mass is 16.5. The van der Waals surface area contributed by atoms with Gasteiger partial charge in [-0.25, -0.2) is 0 Å². The fourth-order valence-electron chi connectivity index (χ4n) is 4.05. The molecule has 2 atom stereocenters. The normalized spacial score (nSPS) is 18.6. The molecule has 1 fully saturated rings. The van der Waals surface area contributed by atoms with Crippen LogP contribution in [0.25, 0.3) is 0 Å². The number of para-hydroxylation sites is 2. The summed E-state index contributed by atoms with van der Waals surface area (Å²) in [5.41, 5.74) is 1.13. The van der Waals surface area contributed by atoms with Crippen molar-refractivity contribution in [1.82, 2.24) is 4.90 Å². The standard InChI is InChI=1S/C24H30N2O4/c1-25(21-8-4-2-5-9-21)14-12-20-17-26(15-13-19(20)16-24(28)29)23(27)18-30-22-10-6-3-7-11-22/h2-11,19-20H,12-18H2,1H3,(H,28,29)/t19-,20+/m0/s1. The molecule has 6 heteroatoms. The number of carbonyl (C=O) groups excluding carboxylic acids is 1. The molecule has 0 unspecified atom stereocenters. The molecule has 30 heavy (non-hydrogen) atoms. The number of ether oxygens (including phenoxy) is 1. The van der Waals surface area contributed by atoms with Gasteiger partial charge >= 0.3 is 5.97 Å². The maximum absolute atomic E-state index is 12.7. The number of rotatable bonds is 9. The van der Waals surface area contributed by atoms with E-state index < -0.39 is 5.97 Å². The summed E-state index contributed by atoms with van der Waals surface area (Å²) in [4.78, 5) is 28.0. The summed E-state index contributed by atoms with van der Waals surface area (Å²) < 4.78 is 5.61. The minimum atomic E-state index is -0.770. The first-order chi connectivity index (χ1) is 14.5. The first kappa shape index (κ1) is 21.7. The van der Waals surface area contributed by atoms with Gasteiger partial charge in [0.15, 0.2) is 6.61 Å². The van der Waals surface area contributed by atoms with E-state index in [0.717, 1.165) is 18.7 Å². The van der Waals surface area contributed by atoms with Crippen molar-refractivity contribution in [3.05, 3.63) is 60.7 Å². The number of carboxylic acids is 1. The van der Waals surface area contributed by atoms with E-state index in [-0.39, 0.29) is 30.8 Å². The van der Waals surface area contributed by atoms with Crippen LogP contribution in [-0.4, -0.2) is 55.2 Å². The number of amides is 1. The van der Waals surface area contributed by atoms with Crippen molar-refractivity contribution in [2.45, 2.75) is 19.3 Å². The van der Waals surface area contributed by atoms with E-state index in [9.17, 15) is 14.7 Å². The minimum Gasteiger partial charge on any atom is -0.484 e. The summed E-state index contributed by atoms with van der Waals surface area (Å²) in [5, 5.41) is 9.31. The van der Waals surface area contributed by atoms with Gasteiger partial charge in [0, 0.05) is 38.8 Å². The average Bonchev–Trinajstić information content (AvgIpc) is 2.77. The molecule has 2 aromatic rings. The lowest BCUT2D eigenvalue weighted by atomic mass is 9.81. The van der Waals surface area contributed by atoms with Crippen LogP contribution in [0.5, 0.6) is 5.75 Å². The van der Waals surface area contributed by atoms with Crippen LogP contribution < -0.4 is 9.64 Å². The van der Waals surface area contributed by atoms with E-state index in [1.54, 1.807) is 0 Å². The van der Waals surface area contributed by atoms with Gasteiger partial charge in [-0.3, -0.25) is 9.59 Å². The first-order valence-electron chi connectivity index (χ1n) is 10.5. The second-order valence-corrected chi connectivity index (χ2v) is 7.89. The number of benzene rings is 2. The highest BCUT2D eigenvalue weighted by Crippen LogP contribution is 2.30. The van der Waals surface area contributed by atoms with E-state index in [4.69, 9.17) is 4.74 Å². The molecule has 1 N–H and O–H groups in total. The lowest BCUT2D eigenvalue weighted by Gasteiger charge is -2.39. The molecule has 2 aromatic carbocycles. The van der Waals surface area contributed by atoms with Crippen LogP contribution in [0.4, 0.5) is 5.69 Å². The number of likely N-dealkylation sites (tertiary alicyclic amines) is 1. The van der Waals surface area contributed by atoms with Crippen LogP contribution in [0, 0.1) is 11.8 Å². The van der Waals surface area contributed by atoms with Crippen LogP contribution in [0.15, 0.2) is 60.7 Å². The Kier molecular flexibility index (Phi) is 7.71. The first-order valence-corrected chi connectivity index (χ1v) is 10.5. The van der Waals surface area contributed by atoms with Gasteiger partial charge in [0.25, 0.3) is 5.91 Å². The quantitative estimate of drug-likeness (QED) is 0.685. The average molecular weight is 411 g/mol. The number of carbonyl (C=O) groups is 2. The van der Waals surface area contributed by atoms with Crippen molar-refractivity contribution < 1.29 is 19.4 Å². The summed E-state index contributed by atoms with van der Waals surface area (Å²) in [6, 6.07) is 19.4. The lowest BCUT2D eigenvalue weighted by Crippen LogP contribution is -2.46. The maximum Gasteiger partial charge on any atom is 0.303 e. The molecule has 0 aromatic heterocycles. The molecule has 0 spiro atoms. The molecule has 1 amide bonds. The van der Waals surface area contributed by atoms with Gasteiger partial charge in [0.05, 0.1) is 0 Å². The second-order valence-electron chi connectivity index (χ2n) is 7.89. The molecular formula is C24H30N2O4. The third kappa shape index (κ3) is 6.24. The predicted octanol–water partition coefficient (Wildman–Crippen LogP) is 3.53. The predicted molar refractivity (Wildman–Crippen MR) is 117 cm³/mol. The Morgan fingerprint density at radius 3 is 2.40 bits per heavy atom. The topological polar surface area (TPSA) is 70.1 Å². The summed E-state index contributed by atoms with van der Waals surface area (Å²) in [5.74, 6) is 0.0998. The van der Waals surface area contributed by atoms with Gasteiger partial charge in [-0.05, 0) is 48.9 Å². The van der Waals surface area contributed by atoms with E-state index in [0.29, 0.717) is 25.3 Å². The number of nitrogens with zero attached hydrogens (tertiary/aromatic N) is 2. The van der Waals surface area contributed by atoms with E-state index in [1.165, 1.54) is 0 Å². The van der Waals surface area contributed by atoms with Gasteiger partial charge in [-0.15, -0.1) is 0 Å². The summed E-state index contributed by atoms with van der Waals surface area (Å²) >= 11 is 0. The van der Waals surface area contributed by atoms with Gasteiger partial charge in [0.2, 0.25) is 0 Å². The zero-order valence-corrected chi connectivity index (χ0v) is 17.4. The molecular weight excluding hydrogens is 380 g/mol. The van der Waals surface area contributed by atoms with Crippen molar-refractivity contribution >= 4 is 17.6 Å². The molecule has 0 saturated carbocycles. The Balaban J connectivity index is 1.57. The third-order valence-electron chi connectivity index (χ3n) is 5.82. The Morgan fingerprint density at radius 1 is 1.07 bits per heavy atom. The Bertz CT molecular complexity index is 812. The fraction of sp³-hybridized carbons (Fsp3) is 0.417. The molecule has 0 aliphatic carbocycles. The summed E-state index contributed by atoms with van der Waals surface area (Å²) in [6.45, 7) is 1.98. The Hall–Kier alpha value is -3.02. The maximum atomic E-state index is 12.7. The number of anilines is 1. The highest BCUT2D eigenvalue weighted by molar-refractivity contribution is 5.78. The molecule has 6 nitrogen and oxygen atoms in total. The van der Waals surface area contributed by atoms with Crippen LogP contribution >= 0.6 is 0 Å². The van der Waals surface area contributed by atoms with E-state index in [2.05, 4.69) is 17.0 Å². The van der Waals surface area contributed by atoms with Gasteiger partial charge in [0.1, 0.15) is 5.75 Å². The van der Waals surface area contributed by atoms with Crippen LogP contribution in [0.1, 0.15) is 19.3 Å². The lowest BCUT2D eigenvalue weighted by molar-refractivity contribution is -0.140. The van der Waals surface area contributed by atoms with Gasteiger partial charge < -0.3 is 19.6 Å². The third-order valence-corrected chi connectivity index (χ3v) is 5.82. The van der Waals surface area contributed by atoms with Crippen molar-refractivity contribution in [2.75, 3.05) is 38.2 Å². The van der Waals surface area contributed by atoms with Crippen molar-refractivity contribution in [3.63, 3.8) is 0 Å². The highest BCUT2D eigenvalue weighted by Gasteiger charge is 2.32. The smallest absolute Gasteiger partial charge is 0.303 e. The molecule has 0 bridgehead atoms. The molecule has 1 aliphatic heterocycles. The van der Waals surface area contributed by atoms with Crippen LogP contribution in [-0.2, 0) is 9.59 Å². The van der Waals surface area contributed by atoms with Crippen molar-refractivity contribution in [1.29, 1.82) is 0 Å². The molecule has 3 rings (SSSR count). The fourth-order valence-corrected chi connectivity index (χ4v) is 4.05. The number of aliphatic carboxylic acids is 1. The number of hydrogen-bond acceptors (Lipinski definition) is 4. The van der Waals surface area contributed by atoms with Crippen LogP contribution in [0.2, 0.25) is 0 Å². The molecule has 1 heterocycles. The van der Waals surface area contributed by atoms with Gasteiger partial charge in [-0.1, -0.05) is 36.4 Å². The SMILES string of the molecule is CN(CC[C@@H]1CN(C(=O)COc2ccccc2)CC[C@H]1CC(=O)O)c1ccccc1. The molecule has 1 aliphatic rings. The molecule has 160 valence electrons. The summed E-state index contributed by atoms with van der Waals surface area (Å²) in [6.07, 6.45) is 1.71. The zero-order valence-electron chi connectivity index (χ0n) is 17.4. The number of hydrogen-bond donors (Lipinski definition) is 1. The van der Waals surface area contributed by atoms with E-state index >= 15 is 0 Å². The van der Waals surface area contributed by atoms with Crippen molar-refractivity contribution in [3.8, 4) is 5.75 Å². The Morgan fingerprint density at radius 2 is 1.73 bits per heavy atom. The minimum absolute atomic E-state index is 0.00421. The Labute approximate surface area is 178 Å². The zero-order chi connectivity index (χ0) is 21.3. The largest absolute Gasteiger partial charge is 0.484 e. The summed E-state index contributed by atoms with van der Waals surface area (Å²) in [7, 11) is 2.04. The monoisotopic (exact) mass is 410 g/mol. The van der Waals surface area contributed by atoms with Gasteiger partial charge in [-0.2, -0.15) is 0 Å². The molecule has 1 saturated heterocycles. The second kappa shape index (κ2) is 10.7. The van der Waals surface area contributed by atoms with E-state index in [1.807, 2.05) is 60.5 Å². The van der Waals surface area contributed by atoms with Crippen LogP contribution in [0.3, 0.4) is 0 Å². The molecule has 0 radical (unpaired) electrons.